The Balaban J connectivity index is 1.68. The number of hydrogen-bond acceptors (Lipinski definition) is 3. The summed E-state index contributed by atoms with van der Waals surface area (Å²) in [4.78, 5) is 13.5. The predicted molar refractivity (Wildman–Crippen MR) is 78.3 cm³/mol. The second kappa shape index (κ2) is 5.41. The Morgan fingerprint density at radius 2 is 1.85 bits per heavy atom. The van der Waals surface area contributed by atoms with E-state index in [9.17, 15) is 4.79 Å². The van der Waals surface area contributed by atoms with Crippen LogP contribution in [0.2, 0.25) is 0 Å². The zero-order valence-electron chi connectivity index (χ0n) is 11.3. The topological polar surface area (TPSA) is 59.5 Å². The number of nitrogens with zero attached hydrogens (tertiary/aromatic N) is 1. The summed E-state index contributed by atoms with van der Waals surface area (Å²) in [6.45, 7) is 1.77. The van der Waals surface area contributed by atoms with Crippen LogP contribution in [0, 0.1) is 5.92 Å². The van der Waals surface area contributed by atoms with Gasteiger partial charge in [0, 0.05) is 30.3 Å². The van der Waals surface area contributed by atoms with Crippen LogP contribution >= 0.6 is 0 Å². The molecular weight excluding hydrogens is 252 g/mol. The number of primary amides is 1. The number of hydrogen-bond donors (Lipinski definition) is 1. The molecule has 20 heavy (non-hydrogen) atoms. The van der Waals surface area contributed by atoms with Gasteiger partial charge in [-0.05, 0) is 49.2 Å². The number of anilines is 1. The van der Waals surface area contributed by atoms with E-state index in [1.165, 1.54) is 5.69 Å². The fourth-order valence-corrected chi connectivity index (χ4v) is 2.70. The van der Waals surface area contributed by atoms with Gasteiger partial charge in [0.15, 0.2) is 0 Å². The quantitative estimate of drug-likeness (QED) is 0.932. The summed E-state index contributed by atoms with van der Waals surface area (Å²) in [5.41, 5.74) is 7.62. The van der Waals surface area contributed by atoms with Crippen LogP contribution in [-0.2, 0) is 4.79 Å². The molecule has 0 saturated carbocycles. The molecule has 3 rings (SSSR count). The third kappa shape index (κ3) is 2.54. The molecule has 4 heteroatoms. The molecule has 0 unspecified atom stereocenters. The van der Waals surface area contributed by atoms with Crippen molar-refractivity contribution in [2.75, 3.05) is 18.0 Å². The van der Waals surface area contributed by atoms with Crippen molar-refractivity contribution in [2.45, 2.75) is 12.8 Å². The van der Waals surface area contributed by atoms with Crippen LogP contribution in [0.25, 0.3) is 11.3 Å². The lowest BCUT2D eigenvalue weighted by Crippen LogP contribution is -2.38. The number of carbonyl (C=O) groups excluding carboxylic acids is 1. The van der Waals surface area contributed by atoms with Gasteiger partial charge in [-0.2, -0.15) is 0 Å². The van der Waals surface area contributed by atoms with E-state index in [0.29, 0.717) is 0 Å². The van der Waals surface area contributed by atoms with Crippen LogP contribution in [-0.4, -0.2) is 19.0 Å². The maximum Gasteiger partial charge on any atom is 0.220 e. The molecule has 0 bridgehead atoms. The lowest BCUT2D eigenvalue weighted by atomic mass is 9.96. The number of nitrogens with two attached hydrogens (primary N) is 1. The van der Waals surface area contributed by atoms with E-state index in [-0.39, 0.29) is 11.8 Å². The zero-order valence-corrected chi connectivity index (χ0v) is 11.3. The number of piperidine rings is 1. The lowest BCUT2D eigenvalue weighted by Gasteiger charge is -2.32. The Morgan fingerprint density at radius 1 is 1.15 bits per heavy atom. The molecule has 1 fully saturated rings. The zero-order chi connectivity index (χ0) is 13.9. The van der Waals surface area contributed by atoms with Gasteiger partial charge in [-0.1, -0.05) is 0 Å². The van der Waals surface area contributed by atoms with Gasteiger partial charge in [0.05, 0.1) is 6.26 Å². The molecule has 104 valence electrons. The van der Waals surface area contributed by atoms with Crippen molar-refractivity contribution in [3.05, 3.63) is 42.7 Å². The average Bonchev–Trinajstić information content (AvgIpc) is 3.02. The van der Waals surface area contributed by atoms with Crippen LogP contribution in [0.1, 0.15) is 12.8 Å². The smallest absolute Gasteiger partial charge is 0.220 e. The highest BCUT2D eigenvalue weighted by molar-refractivity contribution is 5.77. The van der Waals surface area contributed by atoms with Gasteiger partial charge in [0.1, 0.15) is 5.76 Å². The molecule has 1 aromatic carbocycles. The van der Waals surface area contributed by atoms with Gasteiger partial charge in [0.25, 0.3) is 0 Å². The van der Waals surface area contributed by atoms with Crippen molar-refractivity contribution in [1.82, 2.24) is 0 Å². The fraction of sp³-hybridized carbons (Fsp3) is 0.312. The van der Waals surface area contributed by atoms with E-state index in [1.807, 2.05) is 12.1 Å². The summed E-state index contributed by atoms with van der Waals surface area (Å²) in [7, 11) is 0. The van der Waals surface area contributed by atoms with Crippen LogP contribution in [0.5, 0.6) is 0 Å². The number of carbonyl (C=O) groups is 1. The second-order valence-electron chi connectivity index (χ2n) is 5.19. The van der Waals surface area contributed by atoms with Crippen molar-refractivity contribution < 1.29 is 9.21 Å². The molecule has 0 atom stereocenters. The largest absolute Gasteiger partial charge is 0.464 e. The first kappa shape index (κ1) is 12.8. The summed E-state index contributed by atoms with van der Waals surface area (Å²) in [6.07, 6.45) is 3.36. The molecule has 0 radical (unpaired) electrons. The Morgan fingerprint density at radius 3 is 2.40 bits per heavy atom. The van der Waals surface area contributed by atoms with Crippen molar-refractivity contribution in [2.24, 2.45) is 11.7 Å². The lowest BCUT2D eigenvalue weighted by molar-refractivity contribution is -0.122. The van der Waals surface area contributed by atoms with Crippen molar-refractivity contribution in [3.8, 4) is 11.3 Å². The van der Waals surface area contributed by atoms with Crippen LogP contribution in [0.4, 0.5) is 5.69 Å². The molecule has 1 aliphatic heterocycles. The summed E-state index contributed by atoms with van der Waals surface area (Å²) in [5.74, 6) is 0.746. The average molecular weight is 270 g/mol. The summed E-state index contributed by atoms with van der Waals surface area (Å²) >= 11 is 0. The first-order valence-corrected chi connectivity index (χ1v) is 6.92. The van der Waals surface area contributed by atoms with E-state index in [1.54, 1.807) is 6.26 Å². The number of amides is 1. The van der Waals surface area contributed by atoms with Gasteiger partial charge in [-0.3, -0.25) is 4.79 Å². The molecule has 1 amide bonds. The van der Waals surface area contributed by atoms with Crippen LogP contribution in [0.3, 0.4) is 0 Å². The first-order chi connectivity index (χ1) is 9.74. The van der Waals surface area contributed by atoms with Crippen molar-refractivity contribution >= 4 is 11.6 Å². The van der Waals surface area contributed by atoms with Crippen LogP contribution in [0.15, 0.2) is 47.1 Å². The van der Waals surface area contributed by atoms with Gasteiger partial charge in [-0.25, -0.2) is 0 Å². The summed E-state index contributed by atoms with van der Waals surface area (Å²) < 4.78 is 5.38. The molecule has 2 aromatic rings. The highest BCUT2D eigenvalue weighted by Gasteiger charge is 2.23. The summed E-state index contributed by atoms with van der Waals surface area (Å²) in [6, 6.07) is 12.2. The Hall–Kier alpha value is -2.23. The fourth-order valence-electron chi connectivity index (χ4n) is 2.70. The predicted octanol–water partition coefficient (Wildman–Crippen LogP) is 2.65. The normalized spacial score (nSPS) is 16.3. The Bertz CT molecular complexity index is 567. The number of rotatable bonds is 3. The molecule has 0 aliphatic carbocycles. The molecule has 1 aliphatic rings. The third-order valence-electron chi connectivity index (χ3n) is 3.94. The molecule has 1 saturated heterocycles. The maximum absolute atomic E-state index is 11.2. The molecule has 0 spiro atoms. The molecule has 2 N–H and O–H groups in total. The van der Waals surface area contributed by atoms with Gasteiger partial charge >= 0.3 is 0 Å². The minimum absolute atomic E-state index is 0.0358. The minimum Gasteiger partial charge on any atom is -0.464 e. The summed E-state index contributed by atoms with van der Waals surface area (Å²) in [5, 5.41) is 0. The Kier molecular flexibility index (Phi) is 3.46. The van der Waals surface area contributed by atoms with Crippen molar-refractivity contribution in [1.29, 1.82) is 0 Å². The van der Waals surface area contributed by atoms with E-state index >= 15 is 0 Å². The monoisotopic (exact) mass is 270 g/mol. The highest BCUT2D eigenvalue weighted by Crippen LogP contribution is 2.26. The van der Waals surface area contributed by atoms with Crippen molar-refractivity contribution in [3.63, 3.8) is 0 Å². The van der Waals surface area contributed by atoms with Gasteiger partial charge in [-0.15, -0.1) is 0 Å². The molecular formula is C16H18N2O2. The Labute approximate surface area is 118 Å². The van der Waals surface area contributed by atoms with E-state index < -0.39 is 0 Å². The first-order valence-electron chi connectivity index (χ1n) is 6.92. The van der Waals surface area contributed by atoms with Crippen LogP contribution < -0.4 is 10.6 Å². The van der Waals surface area contributed by atoms with Gasteiger partial charge < -0.3 is 15.1 Å². The van der Waals surface area contributed by atoms with Gasteiger partial charge in [0.2, 0.25) is 5.91 Å². The maximum atomic E-state index is 11.2. The van der Waals surface area contributed by atoms with E-state index in [0.717, 1.165) is 37.3 Å². The minimum atomic E-state index is -0.169. The third-order valence-corrected chi connectivity index (χ3v) is 3.94. The number of benzene rings is 1. The van der Waals surface area contributed by atoms with E-state index in [4.69, 9.17) is 10.2 Å². The molecule has 1 aromatic heterocycles. The molecule has 4 nitrogen and oxygen atoms in total. The second-order valence-corrected chi connectivity index (χ2v) is 5.19. The SMILES string of the molecule is NC(=O)C1CCN(c2ccc(-c3ccco3)cc2)CC1. The van der Waals surface area contributed by atoms with E-state index in [2.05, 4.69) is 29.2 Å². The standard InChI is InChI=1S/C16H18N2O2/c17-16(19)13-7-9-18(10-8-13)14-5-3-12(4-6-14)15-2-1-11-20-15/h1-6,11,13H,7-10H2,(H2,17,19). The number of furan rings is 1. The highest BCUT2D eigenvalue weighted by atomic mass is 16.3. The molecule has 2 heterocycles.